The van der Waals surface area contributed by atoms with E-state index in [2.05, 4.69) is 15.3 Å². The minimum Gasteiger partial charge on any atom is -0.462 e. The SMILES string of the molecule is CCOC(=O)c1c(C(NCc2ccc3cc[nH]c3c2)OC(=O)C(F)(F)F)[nH]c(C(=O)OC(C)(C)C)c1CC. The maximum absolute atomic E-state index is 13.2. The van der Waals surface area contributed by atoms with Gasteiger partial charge in [0.15, 0.2) is 6.23 Å². The van der Waals surface area contributed by atoms with E-state index >= 15 is 0 Å². The van der Waals surface area contributed by atoms with Crippen molar-refractivity contribution in [3.8, 4) is 0 Å². The highest BCUT2D eigenvalue weighted by atomic mass is 19.4. The largest absolute Gasteiger partial charge is 0.490 e. The molecule has 2 heterocycles. The number of alkyl halides is 3. The average Bonchev–Trinajstić information content (AvgIpc) is 3.44. The summed E-state index contributed by atoms with van der Waals surface area (Å²) in [6.45, 7) is 8.05. The summed E-state index contributed by atoms with van der Waals surface area (Å²) < 4.78 is 54.9. The minimum absolute atomic E-state index is 0.0367. The van der Waals surface area contributed by atoms with Crippen LogP contribution in [0, 0.1) is 0 Å². The Labute approximate surface area is 217 Å². The fourth-order valence-corrected chi connectivity index (χ4v) is 3.84. The molecule has 206 valence electrons. The van der Waals surface area contributed by atoms with Gasteiger partial charge in [-0.1, -0.05) is 19.1 Å². The highest BCUT2D eigenvalue weighted by molar-refractivity contribution is 5.99. The normalized spacial score (nSPS) is 12.8. The summed E-state index contributed by atoms with van der Waals surface area (Å²) in [7, 11) is 0. The van der Waals surface area contributed by atoms with Gasteiger partial charge in [0.05, 0.1) is 17.9 Å². The van der Waals surface area contributed by atoms with Crippen molar-refractivity contribution in [1.82, 2.24) is 15.3 Å². The van der Waals surface area contributed by atoms with Crippen LogP contribution in [-0.2, 0) is 32.0 Å². The van der Waals surface area contributed by atoms with E-state index in [4.69, 9.17) is 14.2 Å². The van der Waals surface area contributed by atoms with E-state index in [0.29, 0.717) is 5.56 Å². The van der Waals surface area contributed by atoms with E-state index < -0.39 is 35.9 Å². The molecule has 1 aromatic carbocycles. The third-order valence-electron chi connectivity index (χ3n) is 5.40. The first-order valence-electron chi connectivity index (χ1n) is 12.0. The van der Waals surface area contributed by atoms with Crippen LogP contribution >= 0.6 is 0 Å². The summed E-state index contributed by atoms with van der Waals surface area (Å²) in [5.74, 6) is -4.20. The highest BCUT2D eigenvalue weighted by Gasteiger charge is 2.44. The Bertz CT molecular complexity index is 1320. The summed E-state index contributed by atoms with van der Waals surface area (Å²) in [5.41, 5.74) is 0.0932. The Hall–Kier alpha value is -3.80. The standard InChI is InChI=1S/C26H30F3N3O6/c1-6-16-18(22(33)36-7-2)20(32-19(16)23(34)38-25(3,4)5)21(37-24(35)26(27,28)29)31-13-14-8-9-15-10-11-30-17(15)12-14/h8-12,21,30-32H,6-7,13H2,1-5H3. The number of H-pyrrole nitrogens is 2. The predicted octanol–water partition coefficient (Wildman–Crippen LogP) is 5.08. The van der Waals surface area contributed by atoms with Crippen molar-refractivity contribution in [2.24, 2.45) is 0 Å². The van der Waals surface area contributed by atoms with Gasteiger partial charge in [-0.2, -0.15) is 13.2 Å². The van der Waals surface area contributed by atoms with Crippen molar-refractivity contribution >= 4 is 28.8 Å². The molecule has 3 N–H and O–H groups in total. The second kappa shape index (κ2) is 11.3. The molecule has 0 amide bonds. The molecule has 0 fully saturated rings. The second-order valence-electron chi connectivity index (χ2n) is 9.41. The van der Waals surface area contributed by atoms with E-state index in [9.17, 15) is 27.6 Å². The van der Waals surface area contributed by atoms with Crippen LogP contribution in [0.5, 0.6) is 0 Å². The van der Waals surface area contributed by atoms with Crippen molar-refractivity contribution in [2.75, 3.05) is 6.61 Å². The lowest BCUT2D eigenvalue weighted by molar-refractivity contribution is -0.207. The number of rotatable bonds is 9. The quantitative estimate of drug-likeness (QED) is 0.198. The summed E-state index contributed by atoms with van der Waals surface area (Å²) in [6, 6.07) is 7.19. The number of aromatic nitrogens is 2. The van der Waals surface area contributed by atoms with Gasteiger partial charge < -0.3 is 24.2 Å². The number of carbonyl (C=O) groups excluding carboxylic acids is 3. The minimum atomic E-state index is -5.30. The van der Waals surface area contributed by atoms with Gasteiger partial charge in [0, 0.05) is 18.3 Å². The zero-order valence-electron chi connectivity index (χ0n) is 21.7. The van der Waals surface area contributed by atoms with Crippen molar-refractivity contribution in [3.63, 3.8) is 0 Å². The molecule has 0 radical (unpaired) electrons. The predicted molar refractivity (Wildman–Crippen MR) is 131 cm³/mol. The van der Waals surface area contributed by atoms with Gasteiger partial charge in [0.1, 0.15) is 11.3 Å². The number of fused-ring (bicyclic) bond motifs is 1. The Kier molecular flexibility index (Phi) is 8.55. The van der Waals surface area contributed by atoms with Gasteiger partial charge in [-0.25, -0.2) is 14.4 Å². The number of nitrogens with one attached hydrogen (secondary N) is 3. The molecule has 3 rings (SSSR count). The Morgan fingerprint density at radius 3 is 2.37 bits per heavy atom. The second-order valence-corrected chi connectivity index (χ2v) is 9.41. The number of halogens is 3. The van der Waals surface area contributed by atoms with Crippen LogP contribution in [0.2, 0.25) is 0 Å². The Morgan fingerprint density at radius 2 is 1.76 bits per heavy atom. The summed E-state index contributed by atoms with van der Waals surface area (Å²) in [6.07, 6.45) is -5.22. The molecule has 0 aliphatic rings. The van der Waals surface area contributed by atoms with E-state index in [-0.39, 0.29) is 42.1 Å². The molecule has 1 unspecified atom stereocenters. The number of carbonyl (C=O) groups is 3. The molecule has 38 heavy (non-hydrogen) atoms. The van der Waals surface area contributed by atoms with Gasteiger partial charge in [0.25, 0.3) is 0 Å². The summed E-state index contributed by atoms with van der Waals surface area (Å²) >= 11 is 0. The maximum Gasteiger partial charge on any atom is 0.490 e. The van der Waals surface area contributed by atoms with Gasteiger partial charge in [-0.15, -0.1) is 0 Å². The van der Waals surface area contributed by atoms with Crippen molar-refractivity contribution in [1.29, 1.82) is 0 Å². The third kappa shape index (κ3) is 6.74. The lowest BCUT2D eigenvalue weighted by Crippen LogP contribution is -2.34. The van der Waals surface area contributed by atoms with Gasteiger partial charge in [-0.05, 0) is 62.8 Å². The first-order valence-corrected chi connectivity index (χ1v) is 12.0. The molecule has 0 spiro atoms. The number of ether oxygens (including phenoxy) is 3. The maximum atomic E-state index is 13.2. The van der Waals surface area contributed by atoms with Crippen LogP contribution < -0.4 is 5.32 Å². The molecule has 0 saturated carbocycles. The molecular formula is C26H30F3N3O6. The van der Waals surface area contributed by atoms with Gasteiger partial charge in [0.2, 0.25) is 0 Å². The fraction of sp³-hybridized carbons (Fsp3) is 0.423. The molecule has 9 nitrogen and oxygen atoms in total. The van der Waals surface area contributed by atoms with Crippen LogP contribution in [0.3, 0.4) is 0 Å². The molecule has 1 atom stereocenters. The van der Waals surface area contributed by atoms with E-state index in [1.165, 1.54) is 0 Å². The highest BCUT2D eigenvalue weighted by Crippen LogP contribution is 2.31. The third-order valence-corrected chi connectivity index (χ3v) is 5.40. The van der Waals surface area contributed by atoms with Crippen molar-refractivity contribution in [3.05, 3.63) is 58.5 Å². The first kappa shape index (κ1) is 28.8. The molecular weight excluding hydrogens is 507 g/mol. The average molecular weight is 538 g/mol. The topological polar surface area (TPSA) is 123 Å². The molecule has 0 saturated heterocycles. The van der Waals surface area contributed by atoms with Crippen LogP contribution in [0.15, 0.2) is 30.5 Å². The molecule has 0 bridgehead atoms. The van der Waals surface area contributed by atoms with Crippen molar-refractivity contribution in [2.45, 2.75) is 65.6 Å². The monoisotopic (exact) mass is 537 g/mol. The summed E-state index contributed by atoms with van der Waals surface area (Å²) in [4.78, 5) is 43.5. The Morgan fingerprint density at radius 1 is 1.05 bits per heavy atom. The van der Waals surface area contributed by atoms with E-state index in [0.717, 1.165) is 10.9 Å². The zero-order chi connectivity index (χ0) is 28.3. The van der Waals surface area contributed by atoms with Crippen LogP contribution in [0.1, 0.15) is 78.5 Å². The van der Waals surface area contributed by atoms with Crippen LogP contribution in [0.4, 0.5) is 13.2 Å². The number of hydrogen-bond acceptors (Lipinski definition) is 7. The molecule has 0 aliphatic heterocycles. The van der Waals surface area contributed by atoms with Crippen LogP contribution in [-0.4, -0.2) is 46.3 Å². The number of hydrogen-bond donors (Lipinski definition) is 3. The fourth-order valence-electron chi connectivity index (χ4n) is 3.84. The molecule has 0 aliphatic carbocycles. The van der Waals surface area contributed by atoms with Gasteiger partial charge >= 0.3 is 24.1 Å². The number of aromatic amines is 2. The van der Waals surface area contributed by atoms with Gasteiger partial charge in [-0.3, -0.25) is 5.32 Å². The molecule has 2 aromatic heterocycles. The lowest BCUT2D eigenvalue weighted by Gasteiger charge is -2.21. The number of benzene rings is 1. The van der Waals surface area contributed by atoms with E-state index in [1.807, 2.05) is 12.1 Å². The summed E-state index contributed by atoms with van der Waals surface area (Å²) in [5, 5.41) is 3.68. The van der Waals surface area contributed by atoms with Crippen LogP contribution in [0.25, 0.3) is 10.9 Å². The van der Waals surface area contributed by atoms with E-state index in [1.54, 1.807) is 52.9 Å². The molecule has 3 aromatic rings. The smallest absolute Gasteiger partial charge is 0.462 e. The number of esters is 3. The van der Waals surface area contributed by atoms with Crippen molar-refractivity contribution < 1.29 is 41.8 Å². The lowest BCUT2D eigenvalue weighted by atomic mass is 10.0. The zero-order valence-corrected chi connectivity index (χ0v) is 21.7. The Balaban J connectivity index is 2.09. The first-order chi connectivity index (χ1) is 17.7. The molecule has 12 heteroatoms.